The Labute approximate surface area is 218 Å². The van der Waals surface area contributed by atoms with Gasteiger partial charge < -0.3 is 14.8 Å². The number of nitriles is 1. The van der Waals surface area contributed by atoms with E-state index in [-0.39, 0.29) is 11.8 Å². The number of nitrogens with zero attached hydrogens (tertiary/aromatic N) is 6. The van der Waals surface area contributed by atoms with E-state index in [1.165, 1.54) is 0 Å². The Hall–Kier alpha value is -3.68. The smallest absolute Gasteiger partial charge is 0.151 e. The number of Topliss-reactive ketones (excluding diaryl/α,β-unsaturated/α-hetero) is 1. The topological polar surface area (TPSA) is 118 Å². The van der Waals surface area contributed by atoms with Crippen LogP contribution in [-0.4, -0.2) is 49.8 Å². The minimum atomic E-state index is 0.235. The van der Waals surface area contributed by atoms with E-state index >= 15 is 0 Å². The number of ether oxygens (including phenoxy) is 1. The van der Waals surface area contributed by atoms with E-state index in [9.17, 15) is 10.1 Å². The van der Waals surface area contributed by atoms with Gasteiger partial charge in [-0.3, -0.25) is 4.98 Å². The highest BCUT2D eigenvalue weighted by molar-refractivity contribution is 7.14. The summed E-state index contributed by atoms with van der Waals surface area (Å²) < 4.78 is 7.18. The number of fused-ring (bicyclic) bond motifs is 1. The summed E-state index contributed by atoms with van der Waals surface area (Å²) in [4.78, 5) is 16.3. The van der Waals surface area contributed by atoms with Crippen LogP contribution >= 0.6 is 11.3 Å². The first-order chi connectivity index (χ1) is 18.1. The Balaban J connectivity index is 1.28. The van der Waals surface area contributed by atoms with Crippen LogP contribution in [0.25, 0.3) is 27.5 Å². The van der Waals surface area contributed by atoms with Crippen LogP contribution in [0.3, 0.4) is 0 Å². The molecule has 9 nitrogen and oxygen atoms in total. The molecular formula is C27H27N7O2S. The van der Waals surface area contributed by atoms with Crippen LogP contribution in [0.4, 0.5) is 5.69 Å². The summed E-state index contributed by atoms with van der Waals surface area (Å²) in [7, 11) is 0. The van der Waals surface area contributed by atoms with E-state index in [4.69, 9.17) is 9.72 Å². The lowest BCUT2D eigenvalue weighted by molar-refractivity contribution is -0.118. The SMILES string of the molecule is CC(=O)CC1CCC(c2nnc(-c3cnc(-c4ccc5cc(C#N)cnn45)cc3NC3COC3)s2)CC1. The second kappa shape index (κ2) is 10.00. The molecule has 4 aromatic rings. The van der Waals surface area contributed by atoms with Crippen molar-refractivity contribution in [3.05, 3.63) is 47.2 Å². The molecule has 0 unspecified atom stereocenters. The van der Waals surface area contributed by atoms with Crippen molar-refractivity contribution in [3.63, 3.8) is 0 Å². The van der Waals surface area contributed by atoms with E-state index in [0.717, 1.165) is 63.9 Å². The standard InChI is InChI=1S/C27H27N7O2S/c1-16(35)8-17-2-4-19(5-3-17)26-32-33-27(37-26)22-13-29-24(10-23(22)31-20-14-36-15-20)25-7-6-21-9-18(11-28)12-30-34(21)25/h6-7,9-10,12-13,17,19-20H,2-5,8,14-15H2,1H3,(H,29,31). The first-order valence-electron chi connectivity index (χ1n) is 12.6. The third-order valence-electron chi connectivity index (χ3n) is 7.24. The molecule has 5 heterocycles. The van der Waals surface area contributed by atoms with Gasteiger partial charge in [0.25, 0.3) is 0 Å². The average Bonchev–Trinajstić information content (AvgIpc) is 3.53. The number of carbonyl (C=O) groups excluding carboxylic acids is 1. The Kier molecular flexibility index (Phi) is 6.40. The number of aromatic nitrogens is 5. The summed E-state index contributed by atoms with van der Waals surface area (Å²) in [5, 5.41) is 28.3. The number of hydrogen-bond acceptors (Lipinski definition) is 9. The van der Waals surface area contributed by atoms with Crippen molar-refractivity contribution >= 4 is 28.3 Å². The van der Waals surface area contributed by atoms with Crippen LogP contribution in [0.2, 0.25) is 0 Å². The minimum Gasteiger partial charge on any atom is -0.377 e. The Morgan fingerprint density at radius 2 is 2.03 bits per heavy atom. The highest BCUT2D eigenvalue weighted by atomic mass is 32.1. The molecule has 6 rings (SSSR count). The second-order valence-corrected chi connectivity index (χ2v) is 11.0. The average molecular weight is 514 g/mol. The second-order valence-electron chi connectivity index (χ2n) is 9.97. The summed E-state index contributed by atoms with van der Waals surface area (Å²) in [6.07, 6.45) is 8.35. The molecule has 1 N–H and O–H groups in total. The van der Waals surface area contributed by atoms with Crippen molar-refractivity contribution in [1.82, 2.24) is 24.8 Å². The fraction of sp³-hybridized carbons (Fsp3) is 0.407. The van der Waals surface area contributed by atoms with Gasteiger partial charge in [0.05, 0.1) is 53.5 Å². The van der Waals surface area contributed by atoms with Crippen LogP contribution in [0.15, 0.2) is 36.7 Å². The molecule has 37 heavy (non-hydrogen) atoms. The van der Waals surface area contributed by atoms with Crippen molar-refractivity contribution in [2.45, 2.75) is 51.0 Å². The third kappa shape index (κ3) is 4.84. The van der Waals surface area contributed by atoms with Gasteiger partial charge in [-0.15, -0.1) is 10.2 Å². The molecule has 0 atom stereocenters. The van der Waals surface area contributed by atoms with E-state index in [2.05, 4.69) is 26.7 Å². The fourth-order valence-corrected chi connectivity index (χ4v) is 6.24. The number of carbonyl (C=O) groups is 1. The van der Waals surface area contributed by atoms with Gasteiger partial charge in [0, 0.05) is 24.2 Å². The molecule has 1 saturated heterocycles. The lowest BCUT2D eigenvalue weighted by Crippen LogP contribution is -2.40. The van der Waals surface area contributed by atoms with Gasteiger partial charge in [0.15, 0.2) is 5.01 Å². The van der Waals surface area contributed by atoms with Crippen molar-refractivity contribution in [2.24, 2.45) is 5.92 Å². The molecule has 4 aromatic heterocycles. The zero-order valence-electron chi connectivity index (χ0n) is 20.6. The number of pyridine rings is 1. The number of anilines is 1. The van der Waals surface area contributed by atoms with Gasteiger partial charge in [-0.2, -0.15) is 10.4 Å². The van der Waals surface area contributed by atoms with E-state index in [1.54, 1.807) is 29.0 Å². The molecule has 0 spiro atoms. The molecule has 2 fully saturated rings. The predicted molar refractivity (Wildman–Crippen MR) is 140 cm³/mol. The molecule has 0 amide bonds. The van der Waals surface area contributed by atoms with Gasteiger partial charge in [-0.05, 0) is 62.8 Å². The Morgan fingerprint density at radius 3 is 2.76 bits per heavy atom. The molecule has 0 bridgehead atoms. The van der Waals surface area contributed by atoms with E-state index in [1.807, 2.05) is 30.5 Å². The summed E-state index contributed by atoms with van der Waals surface area (Å²) in [6, 6.07) is 10.1. The van der Waals surface area contributed by atoms with Gasteiger partial charge in [0.1, 0.15) is 16.9 Å². The maximum absolute atomic E-state index is 11.5. The van der Waals surface area contributed by atoms with Gasteiger partial charge >= 0.3 is 0 Å². The lowest BCUT2D eigenvalue weighted by Gasteiger charge is -2.28. The van der Waals surface area contributed by atoms with Gasteiger partial charge in [-0.1, -0.05) is 11.3 Å². The van der Waals surface area contributed by atoms with Crippen LogP contribution in [0.5, 0.6) is 0 Å². The predicted octanol–water partition coefficient (Wildman–Crippen LogP) is 4.85. The number of rotatable bonds is 7. The first-order valence-corrected chi connectivity index (χ1v) is 13.4. The summed E-state index contributed by atoms with van der Waals surface area (Å²) in [5.41, 5.74) is 4.84. The molecule has 188 valence electrons. The molecule has 0 radical (unpaired) electrons. The molecule has 1 aliphatic carbocycles. The van der Waals surface area contributed by atoms with Crippen molar-refractivity contribution < 1.29 is 9.53 Å². The van der Waals surface area contributed by atoms with Crippen molar-refractivity contribution in [2.75, 3.05) is 18.5 Å². The lowest BCUT2D eigenvalue weighted by atomic mass is 9.80. The van der Waals surface area contributed by atoms with Crippen molar-refractivity contribution in [1.29, 1.82) is 5.26 Å². The van der Waals surface area contributed by atoms with Crippen LogP contribution in [0.1, 0.15) is 55.5 Å². The maximum Gasteiger partial charge on any atom is 0.151 e. The highest BCUT2D eigenvalue weighted by Gasteiger charge is 2.27. The van der Waals surface area contributed by atoms with Gasteiger partial charge in [0.2, 0.25) is 0 Å². The van der Waals surface area contributed by atoms with E-state index in [0.29, 0.717) is 37.0 Å². The van der Waals surface area contributed by atoms with Crippen molar-refractivity contribution in [3.8, 4) is 28.0 Å². The van der Waals surface area contributed by atoms with Crippen LogP contribution in [0, 0.1) is 17.2 Å². The molecule has 0 aromatic carbocycles. The van der Waals surface area contributed by atoms with Crippen LogP contribution in [-0.2, 0) is 9.53 Å². The summed E-state index contributed by atoms with van der Waals surface area (Å²) >= 11 is 1.64. The normalized spacial score (nSPS) is 19.9. The summed E-state index contributed by atoms with van der Waals surface area (Å²) in [6.45, 7) is 3.01. The third-order valence-corrected chi connectivity index (χ3v) is 8.36. The van der Waals surface area contributed by atoms with Gasteiger partial charge in [-0.25, -0.2) is 4.52 Å². The van der Waals surface area contributed by atoms with E-state index < -0.39 is 0 Å². The summed E-state index contributed by atoms with van der Waals surface area (Å²) in [5.74, 6) is 1.18. The molecule has 1 aliphatic heterocycles. The number of nitrogens with one attached hydrogen (secondary N) is 1. The zero-order valence-corrected chi connectivity index (χ0v) is 21.4. The number of hydrogen-bond donors (Lipinski definition) is 1. The number of ketones is 1. The fourth-order valence-electron chi connectivity index (χ4n) is 5.21. The quantitative estimate of drug-likeness (QED) is 0.373. The molecule has 2 aliphatic rings. The monoisotopic (exact) mass is 513 g/mol. The molecule has 10 heteroatoms. The molecular weight excluding hydrogens is 486 g/mol. The minimum absolute atomic E-state index is 0.235. The maximum atomic E-state index is 11.5. The zero-order chi connectivity index (χ0) is 25.4. The van der Waals surface area contributed by atoms with Crippen LogP contribution < -0.4 is 5.32 Å². The highest BCUT2D eigenvalue weighted by Crippen LogP contribution is 2.41. The molecule has 1 saturated carbocycles. The largest absolute Gasteiger partial charge is 0.377 e. The Bertz CT molecular complexity index is 1490. The Morgan fingerprint density at radius 1 is 1.19 bits per heavy atom. The first kappa shape index (κ1) is 23.7.